The SMILES string of the molecule is CCc1c(Cl)ncnc1N(C)CCC#N. The molecule has 15 heavy (non-hydrogen) atoms. The molecule has 0 bridgehead atoms. The van der Waals surface area contributed by atoms with E-state index in [1.165, 1.54) is 6.33 Å². The molecule has 0 aliphatic heterocycles. The Hall–Kier alpha value is -1.34. The molecule has 0 radical (unpaired) electrons. The molecule has 0 atom stereocenters. The van der Waals surface area contributed by atoms with Crippen LogP contribution in [0.3, 0.4) is 0 Å². The standard InChI is InChI=1S/C10H13ClN4/c1-3-8-9(11)13-7-14-10(8)15(2)6-4-5-12/h7H,3-4,6H2,1-2H3. The van der Waals surface area contributed by atoms with E-state index in [0.29, 0.717) is 18.1 Å². The van der Waals surface area contributed by atoms with Gasteiger partial charge < -0.3 is 4.90 Å². The highest BCUT2D eigenvalue weighted by Gasteiger charge is 2.11. The van der Waals surface area contributed by atoms with E-state index in [4.69, 9.17) is 16.9 Å². The van der Waals surface area contributed by atoms with Gasteiger partial charge in [0, 0.05) is 19.2 Å². The molecule has 4 nitrogen and oxygen atoms in total. The van der Waals surface area contributed by atoms with E-state index < -0.39 is 0 Å². The Bertz CT molecular complexity index is 372. The van der Waals surface area contributed by atoms with Gasteiger partial charge in [0.15, 0.2) is 0 Å². The molecule has 0 saturated carbocycles. The Morgan fingerprint density at radius 3 is 2.87 bits per heavy atom. The van der Waals surface area contributed by atoms with Gasteiger partial charge in [-0.25, -0.2) is 9.97 Å². The molecular formula is C10H13ClN4. The number of nitriles is 1. The van der Waals surface area contributed by atoms with Crippen LogP contribution < -0.4 is 4.90 Å². The summed E-state index contributed by atoms with van der Waals surface area (Å²) in [5.74, 6) is 0.813. The smallest absolute Gasteiger partial charge is 0.137 e. The molecule has 1 aromatic heterocycles. The third-order valence-corrected chi connectivity index (χ3v) is 2.47. The van der Waals surface area contributed by atoms with Gasteiger partial charge in [0.25, 0.3) is 0 Å². The summed E-state index contributed by atoms with van der Waals surface area (Å²) in [5.41, 5.74) is 0.930. The van der Waals surface area contributed by atoms with Gasteiger partial charge in [-0.05, 0) is 6.42 Å². The van der Waals surface area contributed by atoms with Crippen molar-refractivity contribution < 1.29 is 0 Å². The van der Waals surface area contributed by atoms with Crippen LogP contribution in [0, 0.1) is 11.3 Å². The highest BCUT2D eigenvalue weighted by molar-refractivity contribution is 6.30. The number of anilines is 1. The number of hydrogen-bond acceptors (Lipinski definition) is 4. The Morgan fingerprint density at radius 1 is 1.53 bits per heavy atom. The minimum absolute atomic E-state index is 0.473. The number of nitrogens with zero attached hydrogens (tertiary/aromatic N) is 4. The average Bonchev–Trinajstić information content (AvgIpc) is 2.25. The molecule has 0 amide bonds. The van der Waals surface area contributed by atoms with Crippen molar-refractivity contribution in [2.45, 2.75) is 19.8 Å². The van der Waals surface area contributed by atoms with Crippen molar-refractivity contribution in [2.75, 3.05) is 18.5 Å². The molecule has 0 saturated heterocycles. The fourth-order valence-corrected chi connectivity index (χ4v) is 1.60. The van der Waals surface area contributed by atoms with Crippen molar-refractivity contribution in [3.8, 4) is 6.07 Å². The number of aromatic nitrogens is 2. The van der Waals surface area contributed by atoms with E-state index in [0.717, 1.165) is 17.8 Å². The lowest BCUT2D eigenvalue weighted by molar-refractivity contribution is 0.862. The van der Waals surface area contributed by atoms with E-state index in [1.54, 1.807) is 0 Å². The lowest BCUT2D eigenvalue weighted by Gasteiger charge is -2.19. The third-order valence-electron chi connectivity index (χ3n) is 2.14. The van der Waals surface area contributed by atoms with Crippen LogP contribution in [-0.2, 0) is 6.42 Å². The van der Waals surface area contributed by atoms with E-state index in [-0.39, 0.29) is 0 Å². The van der Waals surface area contributed by atoms with Crippen molar-refractivity contribution in [3.05, 3.63) is 17.0 Å². The largest absolute Gasteiger partial charge is 0.358 e. The van der Waals surface area contributed by atoms with Crippen LogP contribution in [0.15, 0.2) is 6.33 Å². The maximum Gasteiger partial charge on any atom is 0.137 e. The van der Waals surface area contributed by atoms with E-state index in [9.17, 15) is 0 Å². The van der Waals surface area contributed by atoms with E-state index >= 15 is 0 Å². The number of hydrogen-bond donors (Lipinski definition) is 0. The first-order valence-electron chi connectivity index (χ1n) is 4.78. The van der Waals surface area contributed by atoms with Crippen molar-refractivity contribution in [3.63, 3.8) is 0 Å². The van der Waals surface area contributed by atoms with Crippen molar-refractivity contribution in [1.29, 1.82) is 5.26 Å². The first kappa shape index (κ1) is 11.7. The third kappa shape index (κ3) is 2.80. The topological polar surface area (TPSA) is 52.8 Å². The predicted molar refractivity (Wildman–Crippen MR) is 59.9 cm³/mol. The zero-order chi connectivity index (χ0) is 11.3. The Kier molecular flexibility index (Phi) is 4.32. The molecule has 0 N–H and O–H groups in total. The normalized spacial score (nSPS) is 9.73. The molecule has 0 unspecified atom stereocenters. The maximum atomic E-state index is 8.51. The summed E-state index contributed by atoms with van der Waals surface area (Å²) in [7, 11) is 1.90. The summed E-state index contributed by atoms with van der Waals surface area (Å²) in [5, 5.41) is 9.00. The number of rotatable bonds is 4. The summed E-state index contributed by atoms with van der Waals surface area (Å²) in [6.07, 6.45) is 2.70. The Balaban J connectivity index is 2.93. The minimum atomic E-state index is 0.473. The van der Waals surface area contributed by atoms with Gasteiger partial charge in [0.1, 0.15) is 17.3 Å². The molecule has 0 aliphatic rings. The molecule has 0 aromatic carbocycles. The summed E-state index contributed by atoms with van der Waals surface area (Å²) in [6, 6.07) is 2.10. The zero-order valence-electron chi connectivity index (χ0n) is 8.87. The lowest BCUT2D eigenvalue weighted by Crippen LogP contribution is -2.21. The maximum absolute atomic E-state index is 8.51. The molecule has 5 heteroatoms. The summed E-state index contributed by atoms with van der Waals surface area (Å²) in [6.45, 7) is 2.66. The minimum Gasteiger partial charge on any atom is -0.358 e. The molecule has 0 spiro atoms. The fraction of sp³-hybridized carbons (Fsp3) is 0.500. The highest BCUT2D eigenvalue weighted by atomic mass is 35.5. The van der Waals surface area contributed by atoms with Gasteiger partial charge in [-0.1, -0.05) is 18.5 Å². The van der Waals surface area contributed by atoms with Crippen LogP contribution in [0.5, 0.6) is 0 Å². The van der Waals surface area contributed by atoms with Gasteiger partial charge in [0.2, 0.25) is 0 Å². The van der Waals surface area contributed by atoms with Crippen LogP contribution >= 0.6 is 11.6 Å². The Morgan fingerprint density at radius 2 is 2.27 bits per heavy atom. The molecule has 1 rings (SSSR count). The van der Waals surface area contributed by atoms with Crippen LogP contribution in [0.4, 0.5) is 5.82 Å². The van der Waals surface area contributed by atoms with Gasteiger partial charge >= 0.3 is 0 Å². The van der Waals surface area contributed by atoms with Gasteiger partial charge in [-0.3, -0.25) is 0 Å². The van der Waals surface area contributed by atoms with Crippen LogP contribution in [0.25, 0.3) is 0 Å². The van der Waals surface area contributed by atoms with Crippen LogP contribution in [-0.4, -0.2) is 23.6 Å². The number of halogens is 1. The van der Waals surface area contributed by atoms with Crippen molar-refractivity contribution >= 4 is 17.4 Å². The average molecular weight is 225 g/mol. The second kappa shape index (κ2) is 5.52. The van der Waals surface area contributed by atoms with Crippen LogP contribution in [0.1, 0.15) is 18.9 Å². The van der Waals surface area contributed by atoms with Crippen molar-refractivity contribution in [2.24, 2.45) is 0 Å². The Labute approximate surface area is 94.5 Å². The second-order valence-electron chi connectivity index (χ2n) is 3.15. The zero-order valence-corrected chi connectivity index (χ0v) is 9.62. The van der Waals surface area contributed by atoms with E-state index in [1.807, 2.05) is 18.9 Å². The molecule has 1 heterocycles. The summed E-state index contributed by atoms with van der Waals surface area (Å²) < 4.78 is 0. The molecule has 0 fully saturated rings. The molecule has 1 aromatic rings. The second-order valence-corrected chi connectivity index (χ2v) is 3.51. The van der Waals surface area contributed by atoms with Gasteiger partial charge in [-0.2, -0.15) is 5.26 Å². The van der Waals surface area contributed by atoms with Gasteiger partial charge in [0.05, 0.1) is 12.5 Å². The van der Waals surface area contributed by atoms with Crippen LogP contribution in [0.2, 0.25) is 5.15 Å². The monoisotopic (exact) mass is 224 g/mol. The molecular weight excluding hydrogens is 212 g/mol. The first-order valence-corrected chi connectivity index (χ1v) is 5.16. The quantitative estimate of drug-likeness (QED) is 0.735. The summed E-state index contributed by atoms with van der Waals surface area (Å²) >= 11 is 5.96. The van der Waals surface area contributed by atoms with Gasteiger partial charge in [-0.15, -0.1) is 0 Å². The fourth-order valence-electron chi connectivity index (χ4n) is 1.34. The molecule has 0 aliphatic carbocycles. The summed E-state index contributed by atoms with van der Waals surface area (Å²) in [4.78, 5) is 10.0. The predicted octanol–water partition coefficient (Wildman–Crippen LogP) is 2.04. The van der Waals surface area contributed by atoms with E-state index in [2.05, 4.69) is 16.0 Å². The van der Waals surface area contributed by atoms with Crippen molar-refractivity contribution in [1.82, 2.24) is 9.97 Å². The lowest BCUT2D eigenvalue weighted by atomic mass is 10.2. The molecule has 80 valence electrons. The highest BCUT2D eigenvalue weighted by Crippen LogP contribution is 2.22. The first-order chi connectivity index (χ1) is 7.20.